The van der Waals surface area contributed by atoms with Crippen LogP contribution < -0.4 is 0 Å². The Morgan fingerprint density at radius 2 is 1.83 bits per heavy atom. The second-order valence-electron chi connectivity index (χ2n) is 9.20. The molecule has 4 aromatic rings. The molecule has 1 aliphatic carbocycles. The summed E-state index contributed by atoms with van der Waals surface area (Å²) in [6.45, 7) is 2.86. The molecule has 0 bridgehead atoms. The molecule has 1 fully saturated rings. The van der Waals surface area contributed by atoms with Gasteiger partial charge in [0.05, 0.1) is 30.3 Å². The number of hydrogen-bond donors (Lipinski definition) is 1. The lowest BCUT2D eigenvalue weighted by Gasteiger charge is -2.16. The van der Waals surface area contributed by atoms with Gasteiger partial charge in [0.25, 0.3) is 6.43 Å². The van der Waals surface area contributed by atoms with Gasteiger partial charge in [-0.2, -0.15) is 10.2 Å². The number of aliphatic hydroxyl groups is 1. The smallest absolute Gasteiger partial charge is 0.282 e. The van der Waals surface area contributed by atoms with Crippen LogP contribution in [0.15, 0.2) is 60.8 Å². The fourth-order valence-corrected chi connectivity index (χ4v) is 4.26. The number of aliphatic hydroxyl groups excluding tert-OH is 1. The highest BCUT2D eigenvalue weighted by molar-refractivity contribution is 5.44. The molecule has 1 unspecified atom stereocenters. The first-order valence-electron chi connectivity index (χ1n) is 11.9. The van der Waals surface area contributed by atoms with Crippen molar-refractivity contribution in [2.45, 2.75) is 52.1 Å². The van der Waals surface area contributed by atoms with Gasteiger partial charge in [0.1, 0.15) is 17.6 Å². The molecule has 0 radical (unpaired) electrons. The van der Waals surface area contributed by atoms with Crippen molar-refractivity contribution in [2.24, 2.45) is 5.92 Å². The van der Waals surface area contributed by atoms with E-state index in [1.165, 1.54) is 28.9 Å². The Hall–Kier alpha value is -3.43. The van der Waals surface area contributed by atoms with Crippen LogP contribution in [0.4, 0.5) is 13.2 Å². The van der Waals surface area contributed by atoms with Crippen molar-refractivity contribution < 1.29 is 23.0 Å². The molecule has 1 aliphatic rings. The lowest BCUT2D eigenvalue weighted by Crippen LogP contribution is -2.12. The maximum absolute atomic E-state index is 14.2. The maximum Gasteiger partial charge on any atom is 0.282 e. The number of ether oxygens (including phenoxy) is 1. The first kappa shape index (κ1) is 24.3. The van der Waals surface area contributed by atoms with Gasteiger partial charge < -0.3 is 9.84 Å². The Labute approximate surface area is 207 Å². The van der Waals surface area contributed by atoms with Crippen LogP contribution in [0.25, 0.3) is 5.69 Å². The van der Waals surface area contributed by atoms with E-state index >= 15 is 0 Å². The molecule has 0 spiro atoms. The molecule has 2 aromatic carbocycles. The highest BCUT2D eigenvalue weighted by Crippen LogP contribution is 2.33. The van der Waals surface area contributed by atoms with Crippen molar-refractivity contribution in [3.05, 3.63) is 100 Å². The number of rotatable bonds is 10. The second kappa shape index (κ2) is 10.3. The summed E-state index contributed by atoms with van der Waals surface area (Å²) < 4.78 is 50.4. The number of hydrogen-bond acceptors (Lipinski definition) is 4. The summed E-state index contributed by atoms with van der Waals surface area (Å²) in [5.41, 5.74) is 2.52. The van der Waals surface area contributed by atoms with Gasteiger partial charge in [-0.05, 0) is 55.5 Å². The minimum atomic E-state index is -2.84. The average Bonchev–Trinajstić information content (AvgIpc) is 3.43. The van der Waals surface area contributed by atoms with Crippen molar-refractivity contribution >= 4 is 0 Å². The van der Waals surface area contributed by atoms with Gasteiger partial charge in [-0.25, -0.2) is 17.9 Å². The Balaban J connectivity index is 1.47. The zero-order valence-electron chi connectivity index (χ0n) is 19.8. The topological polar surface area (TPSA) is 65.1 Å². The van der Waals surface area contributed by atoms with E-state index in [9.17, 15) is 18.3 Å². The molecule has 6 nitrogen and oxygen atoms in total. The molecule has 188 valence electrons. The van der Waals surface area contributed by atoms with Crippen molar-refractivity contribution in [3.63, 3.8) is 0 Å². The SMILES string of the molecule is Cc1nn(CC2CC2)cc1C(O)c1cc(C(F)F)nn1-c1ccc(F)cc1COCc1ccccc1. The zero-order valence-corrected chi connectivity index (χ0v) is 19.8. The highest BCUT2D eigenvalue weighted by atomic mass is 19.3. The van der Waals surface area contributed by atoms with E-state index in [1.54, 1.807) is 17.8 Å². The number of alkyl halides is 2. The van der Waals surface area contributed by atoms with Crippen LogP contribution in [0.1, 0.15) is 59.1 Å². The van der Waals surface area contributed by atoms with E-state index in [1.807, 2.05) is 30.3 Å². The Morgan fingerprint density at radius 3 is 2.56 bits per heavy atom. The molecule has 5 rings (SSSR count). The molecule has 9 heteroatoms. The van der Waals surface area contributed by atoms with Crippen molar-refractivity contribution in [1.29, 1.82) is 0 Å². The van der Waals surface area contributed by atoms with Crippen LogP contribution in [0.2, 0.25) is 0 Å². The number of aryl methyl sites for hydroxylation is 1. The van der Waals surface area contributed by atoms with Crippen LogP contribution >= 0.6 is 0 Å². The number of aromatic nitrogens is 4. The van der Waals surface area contributed by atoms with Crippen LogP contribution in [-0.4, -0.2) is 24.7 Å². The van der Waals surface area contributed by atoms with Gasteiger partial charge in [0.2, 0.25) is 0 Å². The van der Waals surface area contributed by atoms with Gasteiger partial charge in [0.15, 0.2) is 0 Å². The Morgan fingerprint density at radius 1 is 1.06 bits per heavy atom. The lowest BCUT2D eigenvalue weighted by atomic mass is 10.1. The Kier molecular flexibility index (Phi) is 6.93. The van der Waals surface area contributed by atoms with Gasteiger partial charge in [-0.15, -0.1) is 0 Å². The molecule has 0 saturated heterocycles. The first-order chi connectivity index (χ1) is 17.4. The molecule has 2 heterocycles. The molecule has 2 aromatic heterocycles. The summed E-state index contributed by atoms with van der Waals surface area (Å²) in [6, 6.07) is 14.7. The highest BCUT2D eigenvalue weighted by Gasteiger charge is 2.27. The molecule has 36 heavy (non-hydrogen) atoms. The third-order valence-electron chi connectivity index (χ3n) is 6.32. The van der Waals surface area contributed by atoms with E-state index in [0.29, 0.717) is 35.0 Å². The summed E-state index contributed by atoms with van der Waals surface area (Å²) in [5.74, 6) is 0.0977. The fraction of sp³-hybridized carbons (Fsp3) is 0.333. The molecular weight excluding hydrogens is 469 g/mol. The van der Waals surface area contributed by atoms with E-state index in [2.05, 4.69) is 10.2 Å². The van der Waals surface area contributed by atoms with E-state index < -0.39 is 24.0 Å². The normalized spacial score (nSPS) is 14.5. The minimum absolute atomic E-state index is 0.0275. The summed E-state index contributed by atoms with van der Waals surface area (Å²) in [6.07, 6.45) is -0.0240. The average molecular weight is 497 g/mol. The Bertz CT molecular complexity index is 1330. The summed E-state index contributed by atoms with van der Waals surface area (Å²) in [5, 5.41) is 19.8. The van der Waals surface area contributed by atoms with Crippen molar-refractivity contribution in [2.75, 3.05) is 0 Å². The molecular formula is C27H27F3N4O2. The van der Waals surface area contributed by atoms with Gasteiger partial charge >= 0.3 is 0 Å². The number of halogens is 3. The molecule has 1 saturated carbocycles. The van der Waals surface area contributed by atoms with E-state index in [4.69, 9.17) is 4.74 Å². The third kappa shape index (κ3) is 5.37. The van der Waals surface area contributed by atoms with Crippen LogP contribution in [0.3, 0.4) is 0 Å². The number of nitrogens with zero attached hydrogens (tertiary/aromatic N) is 4. The van der Waals surface area contributed by atoms with E-state index in [0.717, 1.165) is 24.9 Å². The van der Waals surface area contributed by atoms with Gasteiger partial charge in [-0.3, -0.25) is 4.68 Å². The minimum Gasteiger partial charge on any atom is -0.382 e. The predicted octanol–water partition coefficient (Wildman–Crippen LogP) is 5.66. The van der Waals surface area contributed by atoms with Crippen molar-refractivity contribution in [1.82, 2.24) is 19.6 Å². The van der Waals surface area contributed by atoms with Gasteiger partial charge in [0, 0.05) is 23.9 Å². The van der Waals surface area contributed by atoms with Crippen LogP contribution in [0, 0.1) is 18.7 Å². The van der Waals surface area contributed by atoms with Crippen LogP contribution in [0.5, 0.6) is 0 Å². The van der Waals surface area contributed by atoms with Crippen molar-refractivity contribution in [3.8, 4) is 5.69 Å². The summed E-state index contributed by atoms with van der Waals surface area (Å²) in [4.78, 5) is 0. The molecule has 0 aliphatic heterocycles. The number of benzene rings is 2. The summed E-state index contributed by atoms with van der Waals surface area (Å²) >= 11 is 0. The fourth-order valence-electron chi connectivity index (χ4n) is 4.26. The second-order valence-corrected chi connectivity index (χ2v) is 9.20. The van der Waals surface area contributed by atoms with Gasteiger partial charge in [-0.1, -0.05) is 30.3 Å². The van der Waals surface area contributed by atoms with E-state index in [-0.39, 0.29) is 12.3 Å². The third-order valence-corrected chi connectivity index (χ3v) is 6.32. The quantitative estimate of drug-likeness (QED) is 0.308. The lowest BCUT2D eigenvalue weighted by molar-refractivity contribution is 0.106. The largest absolute Gasteiger partial charge is 0.382 e. The first-order valence-corrected chi connectivity index (χ1v) is 11.9. The monoisotopic (exact) mass is 496 g/mol. The zero-order chi connectivity index (χ0) is 25.2. The summed E-state index contributed by atoms with van der Waals surface area (Å²) in [7, 11) is 0. The molecule has 1 N–H and O–H groups in total. The molecule has 1 atom stereocenters. The molecule has 0 amide bonds. The van der Waals surface area contributed by atoms with Crippen LogP contribution in [-0.2, 0) is 24.5 Å². The maximum atomic E-state index is 14.2. The predicted molar refractivity (Wildman–Crippen MR) is 127 cm³/mol. The standard InChI is InChI=1S/C27H27F3N4O2/c1-17-22(14-33(31-17)13-18-7-8-18)26(35)25-12-23(27(29)30)32-34(25)24-10-9-21(28)11-20(24)16-36-15-19-5-3-2-4-6-19/h2-6,9-12,14,18,26-27,35H,7-8,13,15-16H2,1H3.